The Labute approximate surface area is 93.7 Å². The largest absolute Gasteiger partial charge is 0.368 e. The maximum atomic E-state index is 11.7. The zero-order valence-corrected chi connectivity index (χ0v) is 10.3. The second-order valence-corrected chi connectivity index (χ2v) is 4.47. The maximum Gasteiger partial charge on any atom is 0.249 e. The number of carbonyl (C=O) groups excluding carboxylic acids is 1. The van der Waals surface area contributed by atoms with Gasteiger partial charge in [0.15, 0.2) is 0 Å². The molecule has 1 heterocycles. The molecule has 14 heavy (non-hydrogen) atoms. The summed E-state index contributed by atoms with van der Waals surface area (Å²) in [7, 11) is 0. The number of hydrogen-bond donors (Lipinski definition) is 1. The summed E-state index contributed by atoms with van der Waals surface area (Å²) in [5, 5.41) is 3.78. The lowest BCUT2D eigenvalue weighted by Gasteiger charge is -2.19. The summed E-state index contributed by atoms with van der Waals surface area (Å²) in [4.78, 5) is 11.7. The smallest absolute Gasteiger partial charge is 0.249 e. The molecule has 0 aromatic heterocycles. The van der Waals surface area contributed by atoms with Crippen LogP contribution in [0.3, 0.4) is 0 Å². The van der Waals surface area contributed by atoms with E-state index in [1.54, 1.807) is 0 Å². The molecule has 1 aliphatic rings. The zero-order valence-electron chi connectivity index (χ0n) is 8.75. The Morgan fingerprint density at radius 1 is 1.71 bits per heavy atom. The van der Waals surface area contributed by atoms with Gasteiger partial charge in [0, 0.05) is 18.0 Å². The fourth-order valence-electron chi connectivity index (χ4n) is 1.56. The van der Waals surface area contributed by atoms with Crippen LogP contribution in [0.2, 0.25) is 0 Å². The molecule has 3 unspecified atom stereocenters. The fourth-order valence-corrected chi connectivity index (χ4v) is 2.18. The van der Waals surface area contributed by atoms with Crippen LogP contribution in [0.5, 0.6) is 0 Å². The molecule has 1 amide bonds. The molecule has 0 aliphatic carbocycles. The van der Waals surface area contributed by atoms with Crippen LogP contribution in [0, 0.1) is 5.92 Å². The summed E-state index contributed by atoms with van der Waals surface area (Å²) in [6.07, 6.45) is 1.70. The summed E-state index contributed by atoms with van der Waals surface area (Å²) in [6.45, 7) is 4.84. The van der Waals surface area contributed by atoms with Crippen LogP contribution in [-0.4, -0.2) is 30.0 Å². The van der Waals surface area contributed by atoms with Crippen molar-refractivity contribution in [3.63, 3.8) is 0 Å². The Hall–Kier alpha value is -0.0900. The summed E-state index contributed by atoms with van der Waals surface area (Å²) in [6, 6.07) is 0.221. The fraction of sp³-hybridized carbons (Fsp3) is 0.900. The second-order valence-electron chi connectivity index (χ2n) is 3.83. The van der Waals surface area contributed by atoms with E-state index in [0.717, 1.165) is 18.2 Å². The highest BCUT2D eigenvalue weighted by Gasteiger charge is 2.31. The molecule has 0 bridgehead atoms. The van der Waals surface area contributed by atoms with Gasteiger partial charge in [-0.15, -0.1) is 0 Å². The van der Waals surface area contributed by atoms with E-state index >= 15 is 0 Å². The van der Waals surface area contributed by atoms with E-state index in [9.17, 15) is 4.79 Å². The lowest BCUT2D eigenvalue weighted by Crippen LogP contribution is -2.43. The SMILES string of the molecule is CCC(CBr)NC(=O)C1OCCC1C. The molecule has 1 aliphatic heterocycles. The summed E-state index contributed by atoms with van der Waals surface area (Å²) in [5.41, 5.74) is 0. The molecule has 0 saturated carbocycles. The van der Waals surface area contributed by atoms with E-state index in [0.29, 0.717) is 12.5 Å². The molecule has 0 spiro atoms. The van der Waals surface area contributed by atoms with Gasteiger partial charge in [0.1, 0.15) is 6.10 Å². The minimum Gasteiger partial charge on any atom is -0.368 e. The van der Waals surface area contributed by atoms with Crippen LogP contribution in [0.15, 0.2) is 0 Å². The van der Waals surface area contributed by atoms with Crippen molar-refractivity contribution in [2.75, 3.05) is 11.9 Å². The van der Waals surface area contributed by atoms with E-state index in [4.69, 9.17) is 4.74 Å². The van der Waals surface area contributed by atoms with Gasteiger partial charge in [0.05, 0.1) is 0 Å². The van der Waals surface area contributed by atoms with Crippen molar-refractivity contribution in [2.45, 2.75) is 38.8 Å². The Morgan fingerprint density at radius 2 is 2.43 bits per heavy atom. The number of rotatable bonds is 4. The summed E-state index contributed by atoms with van der Waals surface area (Å²) < 4.78 is 5.39. The van der Waals surface area contributed by atoms with E-state index < -0.39 is 0 Å². The van der Waals surface area contributed by atoms with Gasteiger partial charge >= 0.3 is 0 Å². The van der Waals surface area contributed by atoms with E-state index in [1.807, 2.05) is 0 Å². The van der Waals surface area contributed by atoms with Crippen LogP contribution in [-0.2, 0) is 9.53 Å². The number of hydrogen-bond acceptors (Lipinski definition) is 2. The lowest BCUT2D eigenvalue weighted by atomic mass is 10.0. The Kier molecular flexibility index (Phi) is 4.89. The highest BCUT2D eigenvalue weighted by Crippen LogP contribution is 2.20. The first-order valence-electron chi connectivity index (χ1n) is 5.17. The quantitative estimate of drug-likeness (QED) is 0.785. The summed E-state index contributed by atoms with van der Waals surface area (Å²) >= 11 is 3.37. The van der Waals surface area contributed by atoms with Crippen molar-refractivity contribution in [3.05, 3.63) is 0 Å². The first kappa shape index (κ1) is 12.0. The molecule has 1 fully saturated rings. The Balaban J connectivity index is 2.40. The minimum absolute atomic E-state index is 0.0429. The van der Waals surface area contributed by atoms with Crippen molar-refractivity contribution in [3.8, 4) is 0 Å². The van der Waals surface area contributed by atoms with Crippen molar-refractivity contribution in [1.29, 1.82) is 0 Å². The topological polar surface area (TPSA) is 38.3 Å². The van der Waals surface area contributed by atoms with Crippen molar-refractivity contribution in [1.82, 2.24) is 5.32 Å². The molecule has 4 heteroatoms. The molecule has 1 saturated heterocycles. The van der Waals surface area contributed by atoms with E-state index in [2.05, 4.69) is 35.1 Å². The Morgan fingerprint density at radius 3 is 2.86 bits per heavy atom. The molecule has 3 nitrogen and oxygen atoms in total. The number of halogens is 1. The predicted molar refractivity (Wildman–Crippen MR) is 59.5 cm³/mol. The molecule has 1 N–H and O–H groups in total. The van der Waals surface area contributed by atoms with Crippen molar-refractivity contribution >= 4 is 21.8 Å². The monoisotopic (exact) mass is 263 g/mol. The average molecular weight is 264 g/mol. The highest BCUT2D eigenvalue weighted by atomic mass is 79.9. The first-order valence-corrected chi connectivity index (χ1v) is 6.29. The maximum absolute atomic E-state index is 11.7. The number of ether oxygens (including phenoxy) is 1. The van der Waals surface area contributed by atoms with Gasteiger partial charge in [-0.3, -0.25) is 4.79 Å². The third-order valence-electron chi connectivity index (χ3n) is 2.67. The molecule has 0 aromatic rings. The van der Waals surface area contributed by atoms with Crippen molar-refractivity contribution < 1.29 is 9.53 Å². The van der Waals surface area contributed by atoms with Crippen molar-refractivity contribution in [2.24, 2.45) is 5.92 Å². The van der Waals surface area contributed by atoms with E-state index in [1.165, 1.54) is 0 Å². The van der Waals surface area contributed by atoms with Gasteiger partial charge in [-0.1, -0.05) is 29.8 Å². The van der Waals surface area contributed by atoms with Gasteiger partial charge < -0.3 is 10.1 Å². The van der Waals surface area contributed by atoms with Crippen LogP contribution < -0.4 is 5.32 Å². The van der Waals surface area contributed by atoms with Crippen LogP contribution in [0.1, 0.15) is 26.7 Å². The van der Waals surface area contributed by atoms with Gasteiger partial charge in [-0.25, -0.2) is 0 Å². The standard InChI is InChI=1S/C10H18BrNO2/c1-3-8(6-11)12-10(13)9-7(2)4-5-14-9/h7-9H,3-6H2,1-2H3,(H,12,13). The Bertz CT molecular complexity index is 195. The number of alkyl halides is 1. The van der Waals surface area contributed by atoms with E-state index in [-0.39, 0.29) is 18.1 Å². The third-order valence-corrected chi connectivity index (χ3v) is 3.45. The number of nitrogens with one attached hydrogen (secondary N) is 1. The normalized spacial score (nSPS) is 28.8. The zero-order chi connectivity index (χ0) is 10.6. The molecule has 3 atom stereocenters. The third kappa shape index (κ3) is 2.95. The van der Waals surface area contributed by atoms with Crippen LogP contribution in [0.25, 0.3) is 0 Å². The van der Waals surface area contributed by atoms with Crippen LogP contribution >= 0.6 is 15.9 Å². The van der Waals surface area contributed by atoms with Gasteiger partial charge in [0.2, 0.25) is 5.91 Å². The number of amides is 1. The minimum atomic E-state index is -0.233. The molecule has 0 radical (unpaired) electrons. The van der Waals surface area contributed by atoms with Crippen LogP contribution in [0.4, 0.5) is 0 Å². The van der Waals surface area contributed by atoms with Gasteiger partial charge in [-0.05, 0) is 18.8 Å². The predicted octanol–water partition coefficient (Wildman–Crippen LogP) is 1.70. The highest BCUT2D eigenvalue weighted by molar-refractivity contribution is 9.09. The lowest BCUT2D eigenvalue weighted by molar-refractivity contribution is -0.132. The average Bonchev–Trinajstić information content (AvgIpc) is 2.60. The second kappa shape index (κ2) is 5.71. The summed E-state index contributed by atoms with van der Waals surface area (Å²) in [5.74, 6) is 0.393. The molecule has 82 valence electrons. The molecule has 0 aromatic carbocycles. The van der Waals surface area contributed by atoms with Gasteiger partial charge in [0.25, 0.3) is 0 Å². The molecular formula is C10H18BrNO2. The van der Waals surface area contributed by atoms with Gasteiger partial charge in [-0.2, -0.15) is 0 Å². The molecule has 1 rings (SSSR count). The number of carbonyl (C=O) groups is 1. The molecular weight excluding hydrogens is 246 g/mol. The first-order chi connectivity index (χ1) is 6.69.